The Hall–Kier alpha value is -1.88. The van der Waals surface area contributed by atoms with Gasteiger partial charge in [0.25, 0.3) is 5.91 Å². The Labute approximate surface area is 144 Å². The van der Waals surface area contributed by atoms with Crippen molar-refractivity contribution in [3.05, 3.63) is 29.8 Å². The Morgan fingerprint density at radius 2 is 1.92 bits per heavy atom. The van der Waals surface area contributed by atoms with Crippen molar-refractivity contribution >= 4 is 17.5 Å². The van der Waals surface area contributed by atoms with Crippen LogP contribution in [-0.4, -0.2) is 29.9 Å². The quantitative estimate of drug-likeness (QED) is 0.777. The first kappa shape index (κ1) is 18.5. The topological polar surface area (TPSA) is 70.2 Å². The second-order valence-corrected chi connectivity index (χ2v) is 7.33. The predicted molar refractivity (Wildman–Crippen MR) is 97.1 cm³/mol. The highest BCUT2D eigenvalue weighted by atomic mass is 16.2. The van der Waals surface area contributed by atoms with E-state index < -0.39 is 0 Å². The fourth-order valence-electron chi connectivity index (χ4n) is 2.79. The van der Waals surface area contributed by atoms with Crippen LogP contribution in [0.1, 0.15) is 57.3 Å². The summed E-state index contributed by atoms with van der Waals surface area (Å²) in [7, 11) is 0. The summed E-state index contributed by atoms with van der Waals surface area (Å²) in [6.07, 6.45) is 2.59. The van der Waals surface area contributed by atoms with Gasteiger partial charge in [0.05, 0.1) is 0 Å². The molecule has 1 aromatic rings. The first-order valence-electron chi connectivity index (χ1n) is 8.77. The minimum Gasteiger partial charge on any atom is -0.347 e. The maximum absolute atomic E-state index is 12.3. The van der Waals surface area contributed by atoms with Crippen molar-refractivity contribution in [3.8, 4) is 0 Å². The molecule has 2 atom stereocenters. The Balaban J connectivity index is 1.94. The van der Waals surface area contributed by atoms with E-state index >= 15 is 0 Å². The Kier molecular flexibility index (Phi) is 5.99. The van der Waals surface area contributed by atoms with Gasteiger partial charge < -0.3 is 16.0 Å². The summed E-state index contributed by atoms with van der Waals surface area (Å²) in [5, 5.41) is 9.31. The average Bonchev–Trinajstić information content (AvgIpc) is 2.55. The molecule has 1 saturated heterocycles. The van der Waals surface area contributed by atoms with Gasteiger partial charge in [0.15, 0.2) is 0 Å². The van der Waals surface area contributed by atoms with Crippen LogP contribution in [0, 0.1) is 5.92 Å². The van der Waals surface area contributed by atoms with Crippen LogP contribution in [0.2, 0.25) is 0 Å². The van der Waals surface area contributed by atoms with Gasteiger partial charge in [0, 0.05) is 28.7 Å². The lowest BCUT2D eigenvalue weighted by molar-refractivity contribution is -0.120. The lowest BCUT2D eigenvalue weighted by Gasteiger charge is -2.27. The number of hydrogen-bond acceptors (Lipinski definition) is 3. The van der Waals surface area contributed by atoms with Crippen LogP contribution in [0.3, 0.4) is 0 Å². The number of nitrogens with one attached hydrogen (secondary N) is 3. The summed E-state index contributed by atoms with van der Waals surface area (Å²) in [6, 6.07) is 7.46. The van der Waals surface area contributed by atoms with E-state index in [2.05, 4.69) is 22.9 Å². The molecule has 0 spiro atoms. The number of hydrogen-bond donors (Lipinski definition) is 3. The number of carbonyl (C=O) groups excluding carboxylic acids is 2. The van der Waals surface area contributed by atoms with E-state index in [-0.39, 0.29) is 23.3 Å². The SMILES string of the molecule is CCC(C)(C)NC(=O)c1ccc(NC(=O)[C@H]2CCN[C@@H](C)C2)cc1. The lowest BCUT2D eigenvalue weighted by Crippen LogP contribution is -2.42. The Morgan fingerprint density at radius 1 is 1.25 bits per heavy atom. The second-order valence-electron chi connectivity index (χ2n) is 7.33. The van der Waals surface area contributed by atoms with E-state index in [1.807, 2.05) is 20.8 Å². The minimum absolute atomic E-state index is 0.0505. The minimum atomic E-state index is -0.227. The summed E-state index contributed by atoms with van der Waals surface area (Å²) in [6.45, 7) is 9.02. The fourth-order valence-corrected chi connectivity index (χ4v) is 2.79. The van der Waals surface area contributed by atoms with Crippen LogP contribution in [0.15, 0.2) is 24.3 Å². The molecule has 5 heteroatoms. The van der Waals surface area contributed by atoms with E-state index in [1.165, 1.54) is 0 Å². The molecule has 2 amide bonds. The van der Waals surface area contributed by atoms with Gasteiger partial charge >= 0.3 is 0 Å². The molecule has 2 rings (SSSR count). The number of carbonyl (C=O) groups is 2. The average molecular weight is 331 g/mol. The van der Waals surface area contributed by atoms with E-state index in [0.717, 1.165) is 31.5 Å². The van der Waals surface area contributed by atoms with Crippen molar-refractivity contribution in [2.24, 2.45) is 5.92 Å². The molecule has 0 unspecified atom stereocenters. The molecular weight excluding hydrogens is 302 g/mol. The van der Waals surface area contributed by atoms with Crippen molar-refractivity contribution in [2.75, 3.05) is 11.9 Å². The van der Waals surface area contributed by atoms with Crippen molar-refractivity contribution in [3.63, 3.8) is 0 Å². The van der Waals surface area contributed by atoms with Gasteiger partial charge in [0.2, 0.25) is 5.91 Å². The molecule has 5 nitrogen and oxygen atoms in total. The van der Waals surface area contributed by atoms with Crippen LogP contribution < -0.4 is 16.0 Å². The third-order valence-corrected chi connectivity index (χ3v) is 4.74. The van der Waals surface area contributed by atoms with Crippen molar-refractivity contribution in [2.45, 2.75) is 58.5 Å². The van der Waals surface area contributed by atoms with Gasteiger partial charge in [-0.3, -0.25) is 9.59 Å². The summed E-state index contributed by atoms with van der Waals surface area (Å²) < 4.78 is 0. The first-order valence-corrected chi connectivity index (χ1v) is 8.77. The van der Waals surface area contributed by atoms with Gasteiger partial charge in [-0.25, -0.2) is 0 Å². The molecule has 1 fully saturated rings. The third kappa shape index (κ3) is 5.06. The highest BCUT2D eigenvalue weighted by Gasteiger charge is 2.24. The molecule has 1 aromatic carbocycles. The van der Waals surface area contributed by atoms with Crippen molar-refractivity contribution in [1.29, 1.82) is 0 Å². The monoisotopic (exact) mass is 331 g/mol. The Bertz CT molecular complexity index is 581. The molecule has 0 aromatic heterocycles. The molecule has 1 heterocycles. The number of rotatable bonds is 5. The van der Waals surface area contributed by atoms with Crippen LogP contribution in [0.25, 0.3) is 0 Å². The Morgan fingerprint density at radius 3 is 2.50 bits per heavy atom. The molecule has 3 N–H and O–H groups in total. The zero-order chi connectivity index (χ0) is 17.7. The molecule has 0 saturated carbocycles. The zero-order valence-electron chi connectivity index (χ0n) is 15.1. The summed E-state index contributed by atoms with van der Waals surface area (Å²) in [5.41, 5.74) is 1.11. The van der Waals surface area contributed by atoms with Crippen LogP contribution >= 0.6 is 0 Å². The highest BCUT2D eigenvalue weighted by Crippen LogP contribution is 2.19. The second kappa shape index (κ2) is 7.79. The molecule has 132 valence electrons. The number of piperidine rings is 1. The smallest absolute Gasteiger partial charge is 0.251 e. The summed E-state index contributed by atoms with van der Waals surface area (Å²) >= 11 is 0. The van der Waals surface area contributed by atoms with E-state index in [0.29, 0.717) is 11.6 Å². The summed E-state index contributed by atoms with van der Waals surface area (Å²) in [5.74, 6) is 0.0224. The van der Waals surface area contributed by atoms with Gasteiger partial charge in [-0.2, -0.15) is 0 Å². The molecule has 0 radical (unpaired) electrons. The van der Waals surface area contributed by atoms with E-state index in [9.17, 15) is 9.59 Å². The number of benzene rings is 1. The number of anilines is 1. The van der Waals surface area contributed by atoms with Gasteiger partial charge in [-0.05, 0) is 70.8 Å². The molecule has 1 aliphatic heterocycles. The number of amides is 2. The fraction of sp³-hybridized carbons (Fsp3) is 0.579. The van der Waals surface area contributed by atoms with Crippen LogP contribution in [0.4, 0.5) is 5.69 Å². The molecular formula is C19H29N3O2. The van der Waals surface area contributed by atoms with Gasteiger partial charge in [-0.15, -0.1) is 0 Å². The summed E-state index contributed by atoms with van der Waals surface area (Å²) in [4.78, 5) is 24.6. The zero-order valence-corrected chi connectivity index (χ0v) is 15.1. The van der Waals surface area contributed by atoms with Gasteiger partial charge in [-0.1, -0.05) is 6.92 Å². The largest absolute Gasteiger partial charge is 0.347 e. The lowest BCUT2D eigenvalue weighted by atomic mass is 9.92. The maximum Gasteiger partial charge on any atom is 0.251 e. The highest BCUT2D eigenvalue weighted by molar-refractivity contribution is 5.96. The van der Waals surface area contributed by atoms with Crippen LogP contribution in [-0.2, 0) is 4.79 Å². The maximum atomic E-state index is 12.3. The normalized spacial score (nSPS) is 21.2. The predicted octanol–water partition coefficient (Wildman–Crippen LogP) is 2.93. The van der Waals surface area contributed by atoms with Gasteiger partial charge in [0.1, 0.15) is 0 Å². The third-order valence-electron chi connectivity index (χ3n) is 4.74. The first-order chi connectivity index (χ1) is 11.3. The van der Waals surface area contributed by atoms with Crippen LogP contribution in [0.5, 0.6) is 0 Å². The van der Waals surface area contributed by atoms with Crippen molar-refractivity contribution < 1.29 is 9.59 Å². The molecule has 1 aliphatic rings. The standard InChI is InChI=1S/C19H29N3O2/c1-5-19(3,4)22-18(24)14-6-8-16(9-7-14)21-17(23)15-10-11-20-13(2)12-15/h6-9,13,15,20H,5,10-12H2,1-4H3,(H,21,23)(H,22,24)/t13-,15-/m0/s1. The van der Waals surface area contributed by atoms with E-state index in [4.69, 9.17) is 0 Å². The molecule has 24 heavy (non-hydrogen) atoms. The molecule has 0 aliphatic carbocycles. The van der Waals surface area contributed by atoms with E-state index in [1.54, 1.807) is 24.3 Å². The molecule has 0 bridgehead atoms. The van der Waals surface area contributed by atoms with Crippen molar-refractivity contribution in [1.82, 2.24) is 10.6 Å².